The molecule has 200 valence electrons. The van der Waals surface area contributed by atoms with Gasteiger partial charge in [0.1, 0.15) is 5.82 Å². The van der Waals surface area contributed by atoms with Crippen LogP contribution in [0.4, 0.5) is 4.39 Å². The number of hydrogen-bond acceptors (Lipinski definition) is 4. The third kappa shape index (κ3) is 7.30. The number of amides is 2. The second-order valence-electron chi connectivity index (χ2n) is 10.3. The lowest BCUT2D eigenvalue weighted by Gasteiger charge is -2.37. The highest BCUT2D eigenvalue weighted by atomic mass is 35.5. The largest absolute Gasteiger partial charge is 0.351 e. The number of halogens is 2. The Hall–Kier alpha value is -2.48. The number of nitrogens with zero attached hydrogens (tertiary/aromatic N) is 2. The van der Waals surface area contributed by atoms with Gasteiger partial charge in [-0.1, -0.05) is 24.1 Å². The first-order valence-electron chi connectivity index (χ1n) is 13.4. The summed E-state index contributed by atoms with van der Waals surface area (Å²) in [4.78, 5) is 30.1. The molecule has 2 fully saturated rings. The van der Waals surface area contributed by atoms with Crippen LogP contribution in [0.5, 0.6) is 0 Å². The first-order valence-corrected chi connectivity index (χ1v) is 13.8. The summed E-state index contributed by atoms with van der Waals surface area (Å²) in [7, 11) is 0. The molecule has 0 bridgehead atoms. The minimum atomic E-state index is -0.530. The van der Waals surface area contributed by atoms with Gasteiger partial charge in [-0.2, -0.15) is 0 Å². The van der Waals surface area contributed by atoms with Crippen molar-refractivity contribution in [3.05, 3.63) is 69.5 Å². The van der Waals surface area contributed by atoms with Crippen LogP contribution < -0.4 is 10.6 Å². The fourth-order valence-electron chi connectivity index (χ4n) is 5.43. The van der Waals surface area contributed by atoms with Crippen molar-refractivity contribution < 1.29 is 14.0 Å². The molecule has 0 spiro atoms. The van der Waals surface area contributed by atoms with Crippen LogP contribution in [0, 0.1) is 12.7 Å². The van der Waals surface area contributed by atoms with E-state index in [2.05, 4.69) is 40.3 Å². The molecular formula is C29H38ClFN4O2. The smallest absolute Gasteiger partial charge is 0.251 e. The zero-order chi connectivity index (χ0) is 26.4. The third-order valence-corrected chi connectivity index (χ3v) is 8.03. The Kier molecular flexibility index (Phi) is 9.57. The Labute approximate surface area is 224 Å². The molecule has 1 atom stereocenters. The highest BCUT2D eigenvalue weighted by Crippen LogP contribution is 2.27. The van der Waals surface area contributed by atoms with E-state index in [0.29, 0.717) is 17.7 Å². The molecule has 8 heteroatoms. The molecule has 2 aliphatic rings. The molecule has 2 aliphatic heterocycles. The van der Waals surface area contributed by atoms with Gasteiger partial charge < -0.3 is 15.5 Å². The fourth-order valence-corrected chi connectivity index (χ4v) is 5.61. The zero-order valence-corrected chi connectivity index (χ0v) is 22.6. The van der Waals surface area contributed by atoms with E-state index in [1.54, 1.807) is 0 Å². The predicted molar refractivity (Wildman–Crippen MR) is 146 cm³/mol. The molecule has 0 aliphatic carbocycles. The number of carbonyl (C=O) groups excluding carboxylic acids is 2. The van der Waals surface area contributed by atoms with Crippen LogP contribution in [-0.4, -0.2) is 66.9 Å². The summed E-state index contributed by atoms with van der Waals surface area (Å²) >= 11 is 5.82. The van der Waals surface area contributed by atoms with Crippen molar-refractivity contribution in [2.75, 3.05) is 39.3 Å². The van der Waals surface area contributed by atoms with Crippen molar-refractivity contribution in [3.8, 4) is 0 Å². The molecule has 2 aromatic carbocycles. The third-order valence-electron chi connectivity index (χ3n) is 7.74. The van der Waals surface area contributed by atoms with Gasteiger partial charge in [-0.05, 0) is 94.1 Å². The predicted octanol–water partition coefficient (Wildman–Crippen LogP) is 4.96. The molecule has 2 heterocycles. The average Bonchev–Trinajstić information content (AvgIpc) is 2.90. The van der Waals surface area contributed by atoms with E-state index in [1.165, 1.54) is 43.0 Å². The first kappa shape index (κ1) is 27.6. The van der Waals surface area contributed by atoms with E-state index in [1.807, 2.05) is 12.1 Å². The van der Waals surface area contributed by atoms with Crippen LogP contribution in [-0.2, 0) is 0 Å². The second kappa shape index (κ2) is 12.9. The zero-order valence-electron chi connectivity index (χ0n) is 21.9. The van der Waals surface area contributed by atoms with Crippen molar-refractivity contribution in [2.24, 2.45) is 0 Å². The molecule has 0 radical (unpaired) electrons. The van der Waals surface area contributed by atoms with Crippen LogP contribution in [0.3, 0.4) is 0 Å². The summed E-state index contributed by atoms with van der Waals surface area (Å²) < 4.78 is 13.4. The Bertz CT molecular complexity index is 1100. The fraction of sp³-hybridized carbons (Fsp3) is 0.517. The lowest BCUT2D eigenvalue weighted by Crippen LogP contribution is -2.45. The summed E-state index contributed by atoms with van der Waals surface area (Å²) in [5.74, 6) is -0.773. The highest BCUT2D eigenvalue weighted by Gasteiger charge is 2.26. The minimum Gasteiger partial charge on any atom is -0.351 e. The van der Waals surface area contributed by atoms with E-state index in [9.17, 15) is 14.0 Å². The number of nitrogens with one attached hydrogen (secondary N) is 2. The van der Waals surface area contributed by atoms with Gasteiger partial charge in [0.2, 0.25) is 0 Å². The topological polar surface area (TPSA) is 64.7 Å². The molecule has 0 saturated carbocycles. The lowest BCUT2D eigenvalue weighted by molar-refractivity contribution is 0.0894. The Morgan fingerprint density at radius 1 is 1.00 bits per heavy atom. The first-order chi connectivity index (χ1) is 17.8. The van der Waals surface area contributed by atoms with Crippen LogP contribution >= 0.6 is 11.6 Å². The number of benzene rings is 2. The van der Waals surface area contributed by atoms with Crippen molar-refractivity contribution in [2.45, 2.75) is 58.0 Å². The maximum absolute atomic E-state index is 13.4. The molecule has 2 N–H and O–H groups in total. The van der Waals surface area contributed by atoms with Crippen LogP contribution in [0.15, 0.2) is 36.4 Å². The van der Waals surface area contributed by atoms with Crippen molar-refractivity contribution in [1.82, 2.24) is 20.4 Å². The van der Waals surface area contributed by atoms with Gasteiger partial charge in [-0.15, -0.1) is 0 Å². The minimum absolute atomic E-state index is 0.0155. The van der Waals surface area contributed by atoms with Gasteiger partial charge in [-0.25, -0.2) is 4.39 Å². The van der Waals surface area contributed by atoms with Crippen LogP contribution in [0.1, 0.15) is 76.9 Å². The summed E-state index contributed by atoms with van der Waals surface area (Å²) in [5, 5.41) is 6.08. The summed E-state index contributed by atoms with van der Waals surface area (Å²) in [5.41, 5.74) is 3.40. The van der Waals surface area contributed by atoms with E-state index in [4.69, 9.17) is 11.6 Å². The summed E-state index contributed by atoms with van der Waals surface area (Å²) in [6, 6.07) is 10.3. The molecule has 6 nitrogen and oxygen atoms in total. The SMILES string of the molecule is Cc1cc(C(=O)NCCN2CCCCC2)ccc1C(C)N1CCC(NC(=O)c2ccc(F)c(Cl)c2)CC1. The second-order valence-corrected chi connectivity index (χ2v) is 10.7. The number of likely N-dealkylation sites (tertiary alicyclic amines) is 2. The normalized spacial score (nSPS) is 18.4. The van der Waals surface area contributed by atoms with Crippen LogP contribution in [0.25, 0.3) is 0 Å². The quantitative estimate of drug-likeness (QED) is 0.508. The molecule has 1 unspecified atom stereocenters. The molecule has 0 aromatic heterocycles. The molecule has 37 heavy (non-hydrogen) atoms. The standard InChI is InChI=1S/C29H38ClFN4O2/c1-20-18-22(28(36)32-12-17-34-13-4-3-5-14-34)6-8-25(20)21(2)35-15-10-24(11-16-35)33-29(37)23-7-9-27(31)26(30)19-23/h6-9,18-19,21,24H,3-5,10-17H2,1-2H3,(H,32,36)(H,33,37). The van der Waals surface area contributed by atoms with E-state index >= 15 is 0 Å². The van der Waals surface area contributed by atoms with E-state index < -0.39 is 5.82 Å². The van der Waals surface area contributed by atoms with Gasteiger partial charge in [0.25, 0.3) is 11.8 Å². The van der Waals surface area contributed by atoms with Gasteiger partial charge in [0.15, 0.2) is 0 Å². The number of piperidine rings is 2. The van der Waals surface area contributed by atoms with Crippen LogP contribution in [0.2, 0.25) is 5.02 Å². The lowest BCUT2D eigenvalue weighted by atomic mass is 9.95. The van der Waals surface area contributed by atoms with Crippen molar-refractivity contribution >= 4 is 23.4 Å². The number of carbonyl (C=O) groups is 2. The number of aryl methyl sites for hydroxylation is 1. The maximum Gasteiger partial charge on any atom is 0.251 e. The molecule has 4 rings (SSSR count). The average molecular weight is 529 g/mol. The molecule has 2 amide bonds. The Morgan fingerprint density at radius 2 is 1.68 bits per heavy atom. The highest BCUT2D eigenvalue weighted by molar-refractivity contribution is 6.31. The van der Waals surface area contributed by atoms with Crippen molar-refractivity contribution in [1.29, 1.82) is 0 Å². The van der Waals surface area contributed by atoms with Crippen molar-refractivity contribution in [3.63, 3.8) is 0 Å². The molecule has 2 aromatic rings. The Balaban J connectivity index is 1.25. The monoisotopic (exact) mass is 528 g/mol. The molecular weight excluding hydrogens is 491 g/mol. The van der Waals surface area contributed by atoms with E-state index in [0.717, 1.165) is 51.1 Å². The summed E-state index contributed by atoms with van der Waals surface area (Å²) in [6.45, 7) is 9.83. The van der Waals surface area contributed by atoms with Gasteiger partial charge in [-0.3, -0.25) is 14.5 Å². The Morgan fingerprint density at radius 3 is 2.35 bits per heavy atom. The maximum atomic E-state index is 13.4. The van der Waals surface area contributed by atoms with Gasteiger partial charge in [0, 0.05) is 49.4 Å². The number of hydrogen-bond donors (Lipinski definition) is 2. The summed E-state index contributed by atoms with van der Waals surface area (Å²) in [6.07, 6.45) is 5.49. The number of rotatable bonds is 8. The van der Waals surface area contributed by atoms with Gasteiger partial charge >= 0.3 is 0 Å². The van der Waals surface area contributed by atoms with Gasteiger partial charge in [0.05, 0.1) is 5.02 Å². The van der Waals surface area contributed by atoms with E-state index in [-0.39, 0.29) is 28.9 Å². The molecule has 2 saturated heterocycles.